The molecule has 0 heterocycles. The van der Waals surface area contributed by atoms with Crippen molar-refractivity contribution >= 4 is 23.2 Å². The van der Waals surface area contributed by atoms with Crippen LogP contribution in [0.2, 0.25) is 10.0 Å². The van der Waals surface area contributed by atoms with E-state index in [0.29, 0.717) is 17.2 Å². The molecule has 19 heavy (non-hydrogen) atoms. The number of aliphatic hydroxyl groups is 1. The highest BCUT2D eigenvalue weighted by Gasteiger charge is 2.19. The summed E-state index contributed by atoms with van der Waals surface area (Å²) in [4.78, 5) is 0. The van der Waals surface area contributed by atoms with Gasteiger partial charge in [-0.15, -0.1) is 0 Å². The number of benzene rings is 2. The quantitative estimate of drug-likeness (QED) is 0.810. The van der Waals surface area contributed by atoms with Gasteiger partial charge in [0.2, 0.25) is 0 Å². The molecule has 1 unspecified atom stereocenters. The number of rotatable bonds is 2. The first-order chi connectivity index (χ1) is 8.90. The van der Waals surface area contributed by atoms with Gasteiger partial charge in [-0.25, -0.2) is 13.2 Å². The van der Waals surface area contributed by atoms with Crippen LogP contribution in [0.5, 0.6) is 0 Å². The van der Waals surface area contributed by atoms with E-state index in [1.54, 1.807) is 0 Å². The average molecular weight is 307 g/mol. The van der Waals surface area contributed by atoms with Gasteiger partial charge >= 0.3 is 0 Å². The Hall–Kier alpha value is -1.23. The highest BCUT2D eigenvalue weighted by atomic mass is 35.5. The summed E-state index contributed by atoms with van der Waals surface area (Å²) in [6.45, 7) is 0. The standard InChI is InChI=1S/C13H7Cl2F3O/c14-7-1-2-8(9(15)5-7)13(19)6-3-10(16)12(18)11(17)4-6/h1-5,13,19H. The molecule has 2 rings (SSSR count). The molecule has 1 atom stereocenters. The molecule has 0 aromatic heterocycles. The molecule has 1 N–H and O–H groups in total. The first kappa shape index (κ1) is 14.2. The van der Waals surface area contributed by atoms with E-state index in [1.807, 2.05) is 0 Å². The third-order valence-electron chi connectivity index (χ3n) is 2.58. The van der Waals surface area contributed by atoms with Gasteiger partial charge in [0.05, 0.1) is 0 Å². The smallest absolute Gasteiger partial charge is 0.194 e. The summed E-state index contributed by atoms with van der Waals surface area (Å²) in [6.07, 6.45) is -1.38. The van der Waals surface area contributed by atoms with Gasteiger partial charge in [0.15, 0.2) is 17.5 Å². The summed E-state index contributed by atoms with van der Waals surface area (Å²) >= 11 is 11.6. The van der Waals surface area contributed by atoms with Crippen molar-refractivity contribution in [3.05, 3.63) is 69.0 Å². The summed E-state index contributed by atoms with van der Waals surface area (Å²) in [5.74, 6) is -4.34. The molecule has 2 aromatic rings. The van der Waals surface area contributed by atoms with E-state index in [0.717, 1.165) is 0 Å². The van der Waals surface area contributed by atoms with Gasteiger partial charge < -0.3 is 5.11 Å². The van der Waals surface area contributed by atoms with Gasteiger partial charge in [-0.2, -0.15) is 0 Å². The average Bonchev–Trinajstić information content (AvgIpc) is 2.34. The molecule has 0 spiro atoms. The van der Waals surface area contributed by atoms with E-state index in [2.05, 4.69) is 0 Å². The molecule has 0 fully saturated rings. The van der Waals surface area contributed by atoms with Gasteiger partial charge in [-0.1, -0.05) is 29.3 Å². The van der Waals surface area contributed by atoms with Gasteiger partial charge in [0, 0.05) is 15.6 Å². The van der Waals surface area contributed by atoms with Crippen LogP contribution in [0.3, 0.4) is 0 Å². The van der Waals surface area contributed by atoms with Crippen LogP contribution in [0.25, 0.3) is 0 Å². The van der Waals surface area contributed by atoms with Crippen LogP contribution < -0.4 is 0 Å². The van der Waals surface area contributed by atoms with Gasteiger partial charge in [-0.05, 0) is 29.8 Å². The van der Waals surface area contributed by atoms with Gasteiger partial charge in [0.25, 0.3) is 0 Å². The van der Waals surface area contributed by atoms with Crippen molar-refractivity contribution in [3.8, 4) is 0 Å². The molecular weight excluding hydrogens is 300 g/mol. The zero-order valence-electron chi connectivity index (χ0n) is 9.30. The highest BCUT2D eigenvalue weighted by molar-refractivity contribution is 6.35. The Bertz CT molecular complexity index is 608. The maximum Gasteiger partial charge on any atom is 0.194 e. The monoisotopic (exact) mass is 306 g/mol. The van der Waals surface area contributed by atoms with Crippen molar-refractivity contribution < 1.29 is 18.3 Å². The van der Waals surface area contributed by atoms with Gasteiger partial charge in [0.1, 0.15) is 6.10 Å². The minimum absolute atomic E-state index is 0.138. The third-order valence-corrected chi connectivity index (χ3v) is 3.14. The van der Waals surface area contributed by atoms with Crippen molar-refractivity contribution in [3.63, 3.8) is 0 Å². The van der Waals surface area contributed by atoms with Gasteiger partial charge in [-0.3, -0.25) is 0 Å². The largest absolute Gasteiger partial charge is 0.384 e. The second-order valence-corrected chi connectivity index (χ2v) is 4.71. The van der Waals surface area contributed by atoms with E-state index in [4.69, 9.17) is 23.2 Å². The molecule has 0 amide bonds. The van der Waals surface area contributed by atoms with Crippen molar-refractivity contribution in [2.24, 2.45) is 0 Å². The van der Waals surface area contributed by atoms with E-state index in [1.165, 1.54) is 18.2 Å². The summed E-state index contributed by atoms with van der Waals surface area (Å²) < 4.78 is 39.0. The van der Waals surface area contributed by atoms with Crippen LogP contribution >= 0.6 is 23.2 Å². The van der Waals surface area contributed by atoms with Crippen molar-refractivity contribution in [1.29, 1.82) is 0 Å². The third kappa shape index (κ3) is 2.86. The van der Waals surface area contributed by atoms with Crippen molar-refractivity contribution in [2.45, 2.75) is 6.10 Å². The lowest BCUT2D eigenvalue weighted by molar-refractivity contribution is 0.218. The maximum atomic E-state index is 13.1. The molecule has 0 aliphatic rings. The fraction of sp³-hybridized carbons (Fsp3) is 0.0769. The molecule has 6 heteroatoms. The van der Waals surface area contributed by atoms with Crippen LogP contribution in [0.4, 0.5) is 13.2 Å². The molecule has 0 radical (unpaired) electrons. The predicted molar refractivity (Wildman–Crippen MR) is 66.8 cm³/mol. The summed E-state index contributed by atoms with van der Waals surface area (Å²) in [7, 11) is 0. The molecule has 0 saturated heterocycles. The van der Waals surface area contributed by atoms with Crippen LogP contribution in [-0.4, -0.2) is 5.11 Å². The summed E-state index contributed by atoms with van der Waals surface area (Å²) in [5.41, 5.74) is 0.0806. The van der Waals surface area contributed by atoms with Crippen molar-refractivity contribution in [1.82, 2.24) is 0 Å². The molecule has 0 aliphatic heterocycles. The number of aliphatic hydroxyl groups excluding tert-OH is 1. The Balaban J connectivity index is 2.47. The normalized spacial score (nSPS) is 12.5. The molecule has 2 aromatic carbocycles. The Morgan fingerprint density at radius 3 is 2.05 bits per heavy atom. The second-order valence-electron chi connectivity index (χ2n) is 3.87. The SMILES string of the molecule is OC(c1cc(F)c(F)c(F)c1)c1ccc(Cl)cc1Cl. The van der Waals surface area contributed by atoms with E-state index in [-0.39, 0.29) is 16.1 Å². The first-order valence-corrected chi connectivity index (χ1v) is 5.93. The molecule has 0 aliphatic carbocycles. The molecule has 100 valence electrons. The fourth-order valence-electron chi connectivity index (χ4n) is 1.64. The fourth-order valence-corrected chi connectivity index (χ4v) is 2.15. The number of halogens is 5. The lowest BCUT2D eigenvalue weighted by atomic mass is 10.0. The first-order valence-electron chi connectivity index (χ1n) is 5.17. The maximum absolute atomic E-state index is 13.1. The second kappa shape index (κ2) is 5.41. The van der Waals surface area contributed by atoms with E-state index < -0.39 is 23.6 Å². The van der Waals surface area contributed by atoms with Crippen LogP contribution in [-0.2, 0) is 0 Å². The lowest BCUT2D eigenvalue weighted by Crippen LogP contribution is -2.03. The minimum Gasteiger partial charge on any atom is -0.384 e. The Morgan fingerprint density at radius 1 is 0.947 bits per heavy atom. The van der Waals surface area contributed by atoms with Crippen LogP contribution in [0, 0.1) is 17.5 Å². The molecular formula is C13H7Cl2F3O. The van der Waals surface area contributed by atoms with Crippen LogP contribution in [0.1, 0.15) is 17.2 Å². The zero-order valence-corrected chi connectivity index (χ0v) is 10.8. The highest BCUT2D eigenvalue weighted by Crippen LogP contribution is 2.31. The summed E-state index contributed by atoms with van der Waals surface area (Å²) in [5, 5.41) is 10.5. The molecule has 0 saturated carbocycles. The molecule has 1 nitrogen and oxygen atoms in total. The van der Waals surface area contributed by atoms with Crippen LogP contribution in [0.15, 0.2) is 30.3 Å². The summed E-state index contributed by atoms with van der Waals surface area (Å²) in [6, 6.07) is 5.72. The topological polar surface area (TPSA) is 20.2 Å². The Kier molecular flexibility index (Phi) is 4.04. The minimum atomic E-state index is -1.59. The number of hydrogen-bond acceptors (Lipinski definition) is 1. The number of hydrogen-bond donors (Lipinski definition) is 1. The lowest BCUT2D eigenvalue weighted by Gasteiger charge is -2.14. The zero-order chi connectivity index (χ0) is 14.2. The van der Waals surface area contributed by atoms with Crippen molar-refractivity contribution in [2.75, 3.05) is 0 Å². The predicted octanol–water partition coefficient (Wildman–Crippen LogP) is 4.49. The van der Waals surface area contributed by atoms with E-state index >= 15 is 0 Å². The van der Waals surface area contributed by atoms with E-state index in [9.17, 15) is 18.3 Å². The molecule has 0 bridgehead atoms. The Morgan fingerprint density at radius 2 is 1.53 bits per heavy atom. The Labute approximate surface area is 117 Å².